The third-order valence-corrected chi connectivity index (χ3v) is 3.52. The number of ether oxygens (including phenoxy) is 1. The number of nitrogens with two attached hydrogens (primary N) is 1. The van der Waals surface area contributed by atoms with E-state index in [9.17, 15) is 9.59 Å². The van der Waals surface area contributed by atoms with Crippen molar-refractivity contribution in [2.75, 3.05) is 12.8 Å². The highest BCUT2D eigenvalue weighted by atomic mass is 16.5. The minimum atomic E-state index is -0.499. The van der Waals surface area contributed by atoms with E-state index in [1.54, 1.807) is 36.4 Å². The lowest BCUT2D eigenvalue weighted by Crippen LogP contribution is -2.22. The Morgan fingerprint density at radius 3 is 2.27 bits per heavy atom. The third kappa shape index (κ3) is 4.19. The van der Waals surface area contributed by atoms with Crippen LogP contribution >= 0.6 is 0 Å². The lowest BCUT2D eigenvalue weighted by molar-refractivity contribution is -0.145. The summed E-state index contributed by atoms with van der Waals surface area (Å²) in [5.41, 5.74) is 7.87. The molecule has 2 aromatic rings. The number of carbonyl (C=O) groups is 2. The van der Waals surface area contributed by atoms with E-state index in [1.165, 1.54) is 7.11 Å². The fourth-order valence-corrected chi connectivity index (χ4v) is 2.31. The van der Waals surface area contributed by atoms with Gasteiger partial charge in [-0.3, -0.25) is 9.59 Å². The largest absolute Gasteiger partial charge is 0.469 e. The molecule has 0 aliphatic heterocycles. The van der Waals surface area contributed by atoms with Crippen molar-refractivity contribution < 1.29 is 14.3 Å². The number of carbonyl (C=O) groups excluding carboxylic acids is 2. The number of nitrogen functional groups attached to an aromatic ring is 1. The second-order valence-electron chi connectivity index (χ2n) is 5.16. The first-order chi connectivity index (χ1) is 10.6. The molecule has 22 heavy (non-hydrogen) atoms. The number of hydrogen-bond donors (Lipinski definition) is 1. The Morgan fingerprint density at radius 2 is 1.68 bits per heavy atom. The van der Waals surface area contributed by atoms with Gasteiger partial charge in [-0.2, -0.15) is 0 Å². The topological polar surface area (TPSA) is 69.4 Å². The van der Waals surface area contributed by atoms with Crippen molar-refractivity contribution in [3.8, 4) is 0 Å². The minimum Gasteiger partial charge on any atom is -0.469 e. The van der Waals surface area contributed by atoms with Crippen LogP contribution in [0.1, 0.15) is 22.3 Å². The van der Waals surface area contributed by atoms with Crippen LogP contribution in [0.15, 0.2) is 54.6 Å². The molecule has 0 heterocycles. The first-order valence-electron chi connectivity index (χ1n) is 7.10. The Labute approximate surface area is 129 Å². The fraction of sp³-hybridized carbons (Fsp3) is 0.222. The molecule has 0 saturated carbocycles. The Balaban J connectivity index is 2.11. The number of rotatable bonds is 6. The van der Waals surface area contributed by atoms with E-state index >= 15 is 0 Å². The highest BCUT2D eigenvalue weighted by Gasteiger charge is 2.23. The summed E-state index contributed by atoms with van der Waals surface area (Å²) in [6, 6.07) is 16.2. The van der Waals surface area contributed by atoms with Crippen LogP contribution in [0.5, 0.6) is 0 Å². The summed E-state index contributed by atoms with van der Waals surface area (Å²) in [5, 5.41) is 0. The number of esters is 1. The molecule has 2 aromatic carbocycles. The molecule has 0 fully saturated rings. The molecule has 0 aromatic heterocycles. The normalized spacial score (nSPS) is 11.7. The maximum Gasteiger partial charge on any atom is 0.309 e. The zero-order valence-electron chi connectivity index (χ0n) is 12.5. The average molecular weight is 297 g/mol. The van der Waals surface area contributed by atoms with E-state index in [1.807, 2.05) is 18.2 Å². The second kappa shape index (κ2) is 7.41. The van der Waals surface area contributed by atoms with Gasteiger partial charge < -0.3 is 10.5 Å². The van der Waals surface area contributed by atoms with Crippen molar-refractivity contribution >= 4 is 17.4 Å². The number of methoxy groups -OCH3 is 1. The van der Waals surface area contributed by atoms with Gasteiger partial charge in [0.25, 0.3) is 0 Å². The standard InChI is InChI=1S/C18H19NO3/c1-22-18(21)15(11-13-7-9-16(19)10-8-13)12-17(20)14-5-3-2-4-6-14/h2-10,15H,11-12,19H2,1H3. The SMILES string of the molecule is COC(=O)C(CC(=O)c1ccccc1)Cc1ccc(N)cc1. The second-order valence-corrected chi connectivity index (χ2v) is 5.16. The van der Waals surface area contributed by atoms with Crippen LogP contribution in [0, 0.1) is 5.92 Å². The van der Waals surface area contributed by atoms with Crippen LogP contribution in [-0.2, 0) is 16.0 Å². The van der Waals surface area contributed by atoms with Crippen molar-refractivity contribution in [3.05, 3.63) is 65.7 Å². The Kier molecular flexibility index (Phi) is 5.31. The summed E-state index contributed by atoms with van der Waals surface area (Å²) in [4.78, 5) is 24.2. The van der Waals surface area contributed by atoms with E-state index in [-0.39, 0.29) is 18.2 Å². The molecule has 0 aliphatic carbocycles. The Bertz CT molecular complexity index is 635. The van der Waals surface area contributed by atoms with Gasteiger partial charge in [0.15, 0.2) is 5.78 Å². The van der Waals surface area contributed by atoms with Crippen molar-refractivity contribution in [2.24, 2.45) is 5.92 Å². The van der Waals surface area contributed by atoms with Gasteiger partial charge in [-0.1, -0.05) is 42.5 Å². The quantitative estimate of drug-likeness (QED) is 0.505. The number of Topliss-reactive ketones (excluding diaryl/α,β-unsaturated/α-hetero) is 1. The van der Waals surface area contributed by atoms with Gasteiger partial charge >= 0.3 is 5.97 Å². The van der Waals surface area contributed by atoms with E-state index in [4.69, 9.17) is 10.5 Å². The van der Waals surface area contributed by atoms with E-state index in [0.29, 0.717) is 17.7 Å². The van der Waals surface area contributed by atoms with Crippen molar-refractivity contribution in [3.63, 3.8) is 0 Å². The molecule has 0 radical (unpaired) electrons. The molecule has 114 valence electrons. The zero-order valence-corrected chi connectivity index (χ0v) is 12.5. The molecular formula is C18H19NO3. The zero-order chi connectivity index (χ0) is 15.9. The fourth-order valence-electron chi connectivity index (χ4n) is 2.31. The number of anilines is 1. The number of benzene rings is 2. The monoisotopic (exact) mass is 297 g/mol. The van der Waals surface area contributed by atoms with E-state index < -0.39 is 5.92 Å². The van der Waals surface area contributed by atoms with Gasteiger partial charge in [0, 0.05) is 17.7 Å². The Hall–Kier alpha value is -2.62. The van der Waals surface area contributed by atoms with Crippen LogP contribution in [0.2, 0.25) is 0 Å². The molecule has 2 rings (SSSR count). The van der Waals surface area contributed by atoms with E-state index in [2.05, 4.69) is 0 Å². The smallest absolute Gasteiger partial charge is 0.309 e. The molecule has 0 saturated heterocycles. The van der Waals surface area contributed by atoms with Crippen molar-refractivity contribution in [2.45, 2.75) is 12.8 Å². The van der Waals surface area contributed by atoms with Crippen LogP contribution in [0.4, 0.5) is 5.69 Å². The summed E-state index contributed by atoms with van der Waals surface area (Å²) < 4.78 is 4.83. The predicted molar refractivity (Wildman–Crippen MR) is 85.5 cm³/mol. The highest BCUT2D eigenvalue weighted by molar-refractivity contribution is 5.98. The van der Waals surface area contributed by atoms with Crippen LogP contribution in [0.3, 0.4) is 0 Å². The highest BCUT2D eigenvalue weighted by Crippen LogP contribution is 2.18. The lowest BCUT2D eigenvalue weighted by atomic mass is 9.92. The van der Waals surface area contributed by atoms with Gasteiger partial charge in [0.1, 0.15) is 0 Å². The molecular weight excluding hydrogens is 278 g/mol. The summed E-state index contributed by atoms with van der Waals surface area (Å²) >= 11 is 0. The van der Waals surface area contributed by atoms with Gasteiger partial charge in [0.05, 0.1) is 13.0 Å². The first-order valence-corrected chi connectivity index (χ1v) is 7.10. The van der Waals surface area contributed by atoms with Crippen LogP contribution in [0.25, 0.3) is 0 Å². The van der Waals surface area contributed by atoms with Crippen LogP contribution < -0.4 is 5.73 Å². The minimum absolute atomic E-state index is 0.0635. The summed E-state index contributed by atoms with van der Waals surface area (Å²) in [5.74, 6) is -0.936. The molecule has 4 nitrogen and oxygen atoms in total. The van der Waals surface area contributed by atoms with Gasteiger partial charge in [-0.25, -0.2) is 0 Å². The molecule has 0 aliphatic rings. The summed E-state index contributed by atoms with van der Waals surface area (Å²) in [6.07, 6.45) is 0.576. The number of ketones is 1. The molecule has 0 spiro atoms. The first kappa shape index (κ1) is 15.8. The van der Waals surface area contributed by atoms with Crippen molar-refractivity contribution in [1.82, 2.24) is 0 Å². The van der Waals surface area contributed by atoms with Crippen LogP contribution in [-0.4, -0.2) is 18.9 Å². The maximum absolute atomic E-state index is 12.3. The third-order valence-electron chi connectivity index (χ3n) is 3.52. The molecule has 1 atom stereocenters. The average Bonchev–Trinajstić information content (AvgIpc) is 2.56. The van der Waals surface area contributed by atoms with Gasteiger partial charge in [-0.15, -0.1) is 0 Å². The molecule has 2 N–H and O–H groups in total. The predicted octanol–water partition coefficient (Wildman–Crippen LogP) is 2.87. The summed E-state index contributed by atoms with van der Waals surface area (Å²) in [7, 11) is 1.34. The van der Waals surface area contributed by atoms with E-state index in [0.717, 1.165) is 5.56 Å². The number of hydrogen-bond acceptors (Lipinski definition) is 4. The van der Waals surface area contributed by atoms with Gasteiger partial charge in [-0.05, 0) is 24.1 Å². The van der Waals surface area contributed by atoms with Crippen molar-refractivity contribution in [1.29, 1.82) is 0 Å². The molecule has 1 unspecified atom stereocenters. The summed E-state index contributed by atoms with van der Waals surface area (Å²) in [6.45, 7) is 0. The Morgan fingerprint density at radius 1 is 1.05 bits per heavy atom. The molecule has 0 amide bonds. The maximum atomic E-state index is 12.3. The molecule has 4 heteroatoms. The molecule has 0 bridgehead atoms. The van der Waals surface area contributed by atoms with Gasteiger partial charge in [0.2, 0.25) is 0 Å². The lowest BCUT2D eigenvalue weighted by Gasteiger charge is -2.14.